The van der Waals surface area contributed by atoms with Crippen LogP contribution < -0.4 is 5.32 Å². The highest BCUT2D eigenvalue weighted by Gasteiger charge is 2.14. The number of carbonyl (C=O) groups is 2. The summed E-state index contributed by atoms with van der Waals surface area (Å²) < 4.78 is 23.6. The monoisotopic (exact) mass is 199 g/mol. The average molecular weight is 199 g/mol. The molecule has 0 aliphatic carbocycles. The van der Waals surface area contributed by atoms with Crippen molar-refractivity contribution in [3.05, 3.63) is 29.8 Å². The lowest BCUT2D eigenvalue weighted by Gasteiger charge is -2.03. The molecule has 14 heavy (non-hydrogen) atoms. The van der Waals surface area contributed by atoms with Crippen molar-refractivity contribution in [1.29, 1.82) is 0 Å². The SMILES string of the molecule is O=Cc1ccc(NC(=O)C(F)F)cc1. The van der Waals surface area contributed by atoms with E-state index in [1.54, 1.807) is 0 Å². The molecule has 1 aromatic rings. The summed E-state index contributed by atoms with van der Waals surface area (Å²) in [5, 5.41) is 1.99. The lowest BCUT2D eigenvalue weighted by molar-refractivity contribution is -0.126. The van der Waals surface area contributed by atoms with Gasteiger partial charge in [0.15, 0.2) is 0 Å². The molecule has 5 heteroatoms. The molecule has 1 rings (SSSR count). The molecule has 1 N–H and O–H groups in total. The van der Waals surface area contributed by atoms with Gasteiger partial charge in [-0.3, -0.25) is 9.59 Å². The molecule has 0 aliphatic rings. The van der Waals surface area contributed by atoms with Gasteiger partial charge in [-0.2, -0.15) is 8.78 Å². The fourth-order valence-corrected chi connectivity index (χ4v) is 0.842. The summed E-state index contributed by atoms with van der Waals surface area (Å²) in [5.41, 5.74) is 0.654. The fourth-order valence-electron chi connectivity index (χ4n) is 0.842. The van der Waals surface area contributed by atoms with Gasteiger partial charge in [-0.25, -0.2) is 0 Å². The molecule has 0 atom stereocenters. The molecule has 74 valence electrons. The van der Waals surface area contributed by atoms with Crippen LogP contribution in [-0.2, 0) is 4.79 Å². The van der Waals surface area contributed by atoms with Crippen LogP contribution in [0.3, 0.4) is 0 Å². The van der Waals surface area contributed by atoms with Gasteiger partial charge in [-0.05, 0) is 24.3 Å². The van der Waals surface area contributed by atoms with E-state index >= 15 is 0 Å². The zero-order valence-electron chi connectivity index (χ0n) is 7.04. The lowest BCUT2D eigenvalue weighted by atomic mass is 10.2. The number of aldehydes is 1. The van der Waals surface area contributed by atoms with Crippen LogP contribution in [0.2, 0.25) is 0 Å². The third kappa shape index (κ3) is 2.62. The maximum absolute atomic E-state index is 11.8. The van der Waals surface area contributed by atoms with E-state index in [9.17, 15) is 18.4 Å². The first-order valence-electron chi connectivity index (χ1n) is 3.77. The Morgan fingerprint density at radius 1 is 1.29 bits per heavy atom. The molecule has 0 aromatic heterocycles. The van der Waals surface area contributed by atoms with Gasteiger partial charge < -0.3 is 5.32 Å². The Hall–Kier alpha value is -1.78. The number of amides is 1. The Morgan fingerprint density at radius 3 is 2.29 bits per heavy atom. The van der Waals surface area contributed by atoms with Gasteiger partial charge in [-0.1, -0.05) is 0 Å². The smallest absolute Gasteiger partial charge is 0.315 e. The van der Waals surface area contributed by atoms with E-state index in [0.717, 1.165) is 0 Å². The fraction of sp³-hybridized carbons (Fsp3) is 0.111. The van der Waals surface area contributed by atoms with E-state index in [2.05, 4.69) is 0 Å². The minimum absolute atomic E-state index is 0.237. The number of hydrogen-bond acceptors (Lipinski definition) is 2. The Morgan fingerprint density at radius 2 is 1.86 bits per heavy atom. The van der Waals surface area contributed by atoms with Gasteiger partial charge in [0.25, 0.3) is 5.91 Å². The molecule has 0 heterocycles. The predicted molar refractivity (Wildman–Crippen MR) is 46.5 cm³/mol. The van der Waals surface area contributed by atoms with Crippen molar-refractivity contribution in [3.63, 3.8) is 0 Å². The van der Waals surface area contributed by atoms with Crippen LogP contribution in [0.4, 0.5) is 14.5 Å². The summed E-state index contributed by atoms with van der Waals surface area (Å²) >= 11 is 0. The third-order valence-corrected chi connectivity index (χ3v) is 1.51. The summed E-state index contributed by atoms with van der Waals surface area (Å²) in [6.45, 7) is 0. The molecule has 0 unspecified atom stereocenters. The van der Waals surface area contributed by atoms with Crippen molar-refractivity contribution in [2.24, 2.45) is 0 Å². The van der Waals surface area contributed by atoms with Crippen molar-refractivity contribution < 1.29 is 18.4 Å². The summed E-state index contributed by atoms with van der Waals surface area (Å²) in [7, 11) is 0. The Kier molecular flexibility index (Phi) is 3.28. The second-order valence-corrected chi connectivity index (χ2v) is 2.53. The van der Waals surface area contributed by atoms with Crippen LogP contribution >= 0.6 is 0 Å². The van der Waals surface area contributed by atoms with Crippen molar-refractivity contribution >= 4 is 17.9 Å². The first-order chi connectivity index (χ1) is 6.63. The molecule has 3 nitrogen and oxygen atoms in total. The first-order valence-corrected chi connectivity index (χ1v) is 3.77. The molecule has 1 aromatic carbocycles. The van der Waals surface area contributed by atoms with Crippen LogP contribution in [0, 0.1) is 0 Å². The van der Waals surface area contributed by atoms with Crippen LogP contribution in [0.5, 0.6) is 0 Å². The number of halogens is 2. The standard InChI is InChI=1S/C9H7F2NO2/c10-8(11)9(14)12-7-3-1-6(5-13)2-4-7/h1-5,8H,(H,12,14). The zero-order valence-corrected chi connectivity index (χ0v) is 7.04. The Bertz CT molecular complexity index is 335. The molecular weight excluding hydrogens is 192 g/mol. The largest absolute Gasteiger partial charge is 0.321 e. The van der Waals surface area contributed by atoms with Crippen molar-refractivity contribution in [2.45, 2.75) is 6.43 Å². The summed E-state index contributed by atoms with van der Waals surface area (Å²) in [5.74, 6) is -1.36. The Balaban J connectivity index is 2.69. The number of benzene rings is 1. The average Bonchev–Trinajstić information content (AvgIpc) is 2.19. The van der Waals surface area contributed by atoms with Crippen LogP contribution in [0.1, 0.15) is 10.4 Å². The van der Waals surface area contributed by atoms with Gasteiger partial charge in [0, 0.05) is 11.3 Å². The van der Waals surface area contributed by atoms with Gasteiger partial charge in [0.1, 0.15) is 6.29 Å². The number of carbonyl (C=O) groups excluding carboxylic acids is 2. The summed E-state index contributed by atoms with van der Waals surface area (Å²) in [4.78, 5) is 20.8. The van der Waals surface area contributed by atoms with Crippen LogP contribution in [-0.4, -0.2) is 18.6 Å². The van der Waals surface area contributed by atoms with E-state index in [1.165, 1.54) is 24.3 Å². The highest BCUT2D eigenvalue weighted by molar-refractivity contribution is 5.93. The molecule has 0 radical (unpaired) electrons. The van der Waals surface area contributed by atoms with Crippen LogP contribution in [0.25, 0.3) is 0 Å². The maximum atomic E-state index is 11.8. The van der Waals surface area contributed by atoms with E-state index in [4.69, 9.17) is 0 Å². The zero-order chi connectivity index (χ0) is 10.6. The number of nitrogens with one attached hydrogen (secondary N) is 1. The molecule has 0 saturated carbocycles. The number of hydrogen-bond donors (Lipinski definition) is 1. The van der Waals surface area contributed by atoms with E-state index in [-0.39, 0.29) is 5.69 Å². The number of rotatable bonds is 3. The molecule has 0 spiro atoms. The van der Waals surface area contributed by atoms with Crippen molar-refractivity contribution in [3.8, 4) is 0 Å². The second kappa shape index (κ2) is 4.45. The van der Waals surface area contributed by atoms with Crippen molar-refractivity contribution in [1.82, 2.24) is 0 Å². The van der Waals surface area contributed by atoms with E-state index in [0.29, 0.717) is 11.8 Å². The normalized spacial score (nSPS) is 9.93. The van der Waals surface area contributed by atoms with Gasteiger partial charge in [0.2, 0.25) is 0 Å². The molecule has 0 saturated heterocycles. The van der Waals surface area contributed by atoms with Crippen molar-refractivity contribution in [2.75, 3.05) is 5.32 Å². The van der Waals surface area contributed by atoms with E-state index < -0.39 is 12.3 Å². The quantitative estimate of drug-likeness (QED) is 0.753. The summed E-state index contributed by atoms with van der Waals surface area (Å²) in [6.07, 6.45) is -2.42. The minimum atomic E-state index is -3.04. The molecule has 0 aliphatic heterocycles. The predicted octanol–water partition coefficient (Wildman–Crippen LogP) is 1.70. The molecule has 0 bridgehead atoms. The van der Waals surface area contributed by atoms with E-state index in [1.807, 2.05) is 5.32 Å². The van der Waals surface area contributed by atoms with Gasteiger partial charge >= 0.3 is 6.43 Å². The number of alkyl halides is 2. The molecule has 1 amide bonds. The van der Waals surface area contributed by atoms with Gasteiger partial charge in [0.05, 0.1) is 0 Å². The lowest BCUT2D eigenvalue weighted by Crippen LogP contribution is -2.19. The number of anilines is 1. The topological polar surface area (TPSA) is 46.2 Å². The molecular formula is C9H7F2NO2. The Labute approximate surface area is 78.7 Å². The third-order valence-electron chi connectivity index (χ3n) is 1.51. The molecule has 0 fully saturated rings. The summed E-state index contributed by atoms with van der Waals surface area (Å²) in [6, 6.07) is 5.61. The first kappa shape index (κ1) is 10.3. The van der Waals surface area contributed by atoms with Crippen LogP contribution in [0.15, 0.2) is 24.3 Å². The highest BCUT2D eigenvalue weighted by Crippen LogP contribution is 2.09. The highest BCUT2D eigenvalue weighted by atomic mass is 19.3. The maximum Gasteiger partial charge on any atom is 0.315 e. The second-order valence-electron chi connectivity index (χ2n) is 2.53. The van der Waals surface area contributed by atoms with Gasteiger partial charge in [-0.15, -0.1) is 0 Å². The minimum Gasteiger partial charge on any atom is -0.321 e.